The van der Waals surface area contributed by atoms with E-state index in [-0.39, 0.29) is 5.56 Å². The molecule has 0 saturated heterocycles. The van der Waals surface area contributed by atoms with Gasteiger partial charge in [0.15, 0.2) is 0 Å². The Kier molecular flexibility index (Phi) is 4.37. The van der Waals surface area contributed by atoms with Crippen molar-refractivity contribution in [2.24, 2.45) is 0 Å². The van der Waals surface area contributed by atoms with E-state index in [0.717, 1.165) is 38.5 Å². The standard InChI is InChI=1S/C14H20N2O3/c17-13(18)11-5-8-15-9-12(11)16-10-14(19)6-3-1-2-4-7-14/h5,8-9,16,19H,1-4,6-7,10H2,(H,17,18). The van der Waals surface area contributed by atoms with Crippen molar-refractivity contribution in [3.05, 3.63) is 24.0 Å². The van der Waals surface area contributed by atoms with Crippen LogP contribution in [0.2, 0.25) is 0 Å². The molecule has 0 aromatic carbocycles. The fourth-order valence-corrected chi connectivity index (χ4v) is 2.55. The molecule has 0 spiro atoms. The topological polar surface area (TPSA) is 82.5 Å². The molecule has 0 atom stereocenters. The number of aliphatic hydroxyl groups is 1. The molecule has 1 aromatic heterocycles. The smallest absolute Gasteiger partial charge is 0.337 e. The monoisotopic (exact) mass is 264 g/mol. The van der Waals surface area contributed by atoms with Gasteiger partial charge in [-0.25, -0.2) is 4.79 Å². The molecule has 2 rings (SSSR count). The number of carboxylic acid groups (broad SMARTS) is 1. The predicted molar refractivity (Wildman–Crippen MR) is 72.3 cm³/mol. The van der Waals surface area contributed by atoms with Gasteiger partial charge in [0.1, 0.15) is 0 Å². The summed E-state index contributed by atoms with van der Waals surface area (Å²) in [6.45, 7) is 0.374. The Bertz CT molecular complexity index is 440. The molecular formula is C14H20N2O3. The second-order valence-electron chi connectivity index (χ2n) is 5.22. The van der Waals surface area contributed by atoms with Gasteiger partial charge in [-0.2, -0.15) is 0 Å². The molecule has 1 aliphatic rings. The summed E-state index contributed by atoms with van der Waals surface area (Å²) in [6, 6.07) is 1.46. The van der Waals surface area contributed by atoms with Gasteiger partial charge < -0.3 is 15.5 Å². The number of rotatable bonds is 4. The lowest BCUT2D eigenvalue weighted by Crippen LogP contribution is -2.36. The number of aromatic nitrogens is 1. The molecule has 1 heterocycles. The highest BCUT2D eigenvalue weighted by molar-refractivity contribution is 5.93. The van der Waals surface area contributed by atoms with Crippen molar-refractivity contribution in [3.8, 4) is 0 Å². The van der Waals surface area contributed by atoms with Gasteiger partial charge in [0, 0.05) is 12.7 Å². The van der Waals surface area contributed by atoms with E-state index in [2.05, 4.69) is 10.3 Å². The zero-order valence-corrected chi connectivity index (χ0v) is 10.9. The molecule has 0 amide bonds. The van der Waals surface area contributed by atoms with E-state index in [1.165, 1.54) is 18.5 Å². The number of anilines is 1. The van der Waals surface area contributed by atoms with Crippen LogP contribution in [0.1, 0.15) is 48.9 Å². The predicted octanol–water partition coefficient (Wildman–Crippen LogP) is 2.28. The summed E-state index contributed by atoms with van der Waals surface area (Å²) < 4.78 is 0. The maximum atomic E-state index is 11.1. The lowest BCUT2D eigenvalue weighted by atomic mass is 9.94. The van der Waals surface area contributed by atoms with E-state index in [9.17, 15) is 9.90 Å². The zero-order valence-electron chi connectivity index (χ0n) is 10.9. The van der Waals surface area contributed by atoms with Gasteiger partial charge in [-0.3, -0.25) is 4.98 Å². The molecule has 1 saturated carbocycles. The van der Waals surface area contributed by atoms with E-state index in [0.29, 0.717) is 12.2 Å². The first-order valence-electron chi connectivity index (χ1n) is 6.74. The van der Waals surface area contributed by atoms with Crippen LogP contribution in [0.5, 0.6) is 0 Å². The van der Waals surface area contributed by atoms with E-state index < -0.39 is 11.6 Å². The normalized spacial score (nSPS) is 18.6. The average molecular weight is 264 g/mol. The third-order valence-corrected chi connectivity index (χ3v) is 3.69. The van der Waals surface area contributed by atoms with Crippen LogP contribution in [0.3, 0.4) is 0 Å². The van der Waals surface area contributed by atoms with Crippen LogP contribution >= 0.6 is 0 Å². The fourth-order valence-electron chi connectivity index (χ4n) is 2.55. The van der Waals surface area contributed by atoms with Gasteiger partial charge >= 0.3 is 5.97 Å². The molecule has 1 aromatic rings. The molecule has 1 fully saturated rings. The van der Waals surface area contributed by atoms with Crippen molar-refractivity contribution < 1.29 is 15.0 Å². The summed E-state index contributed by atoms with van der Waals surface area (Å²) in [5.41, 5.74) is -0.0813. The van der Waals surface area contributed by atoms with Gasteiger partial charge in [-0.1, -0.05) is 25.7 Å². The summed E-state index contributed by atoms with van der Waals surface area (Å²) in [5, 5.41) is 22.6. The van der Waals surface area contributed by atoms with Crippen molar-refractivity contribution in [2.75, 3.05) is 11.9 Å². The second-order valence-corrected chi connectivity index (χ2v) is 5.22. The van der Waals surface area contributed by atoms with Crippen LogP contribution in [0.25, 0.3) is 0 Å². The van der Waals surface area contributed by atoms with Crippen LogP contribution in [0.15, 0.2) is 18.5 Å². The van der Waals surface area contributed by atoms with Crippen LogP contribution in [0, 0.1) is 0 Å². The Hall–Kier alpha value is -1.62. The van der Waals surface area contributed by atoms with E-state index in [4.69, 9.17) is 5.11 Å². The molecule has 3 N–H and O–H groups in total. The molecule has 1 aliphatic carbocycles. The van der Waals surface area contributed by atoms with E-state index in [1.54, 1.807) is 0 Å². The highest BCUT2D eigenvalue weighted by Gasteiger charge is 2.28. The number of hydrogen-bond donors (Lipinski definition) is 3. The quantitative estimate of drug-likeness (QED) is 0.727. The molecular weight excluding hydrogens is 244 g/mol. The Morgan fingerprint density at radius 1 is 1.32 bits per heavy atom. The molecule has 0 aliphatic heterocycles. The first-order chi connectivity index (χ1) is 9.11. The fraction of sp³-hybridized carbons (Fsp3) is 0.571. The Balaban J connectivity index is 2.03. The highest BCUT2D eigenvalue weighted by atomic mass is 16.4. The Morgan fingerprint density at radius 3 is 2.63 bits per heavy atom. The Morgan fingerprint density at radius 2 is 2.00 bits per heavy atom. The summed E-state index contributed by atoms with van der Waals surface area (Å²) >= 11 is 0. The van der Waals surface area contributed by atoms with Crippen LogP contribution < -0.4 is 5.32 Å². The van der Waals surface area contributed by atoms with Gasteiger partial charge in [0.2, 0.25) is 0 Å². The minimum Gasteiger partial charge on any atom is -0.478 e. The summed E-state index contributed by atoms with van der Waals surface area (Å²) in [7, 11) is 0. The zero-order chi connectivity index (χ0) is 13.7. The number of aromatic carboxylic acids is 1. The first-order valence-corrected chi connectivity index (χ1v) is 6.74. The van der Waals surface area contributed by atoms with Gasteiger partial charge in [0.05, 0.1) is 23.0 Å². The van der Waals surface area contributed by atoms with Crippen molar-refractivity contribution in [2.45, 2.75) is 44.1 Å². The molecule has 5 nitrogen and oxygen atoms in total. The second kappa shape index (κ2) is 6.02. The lowest BCUT2D eigenvalue weighted by Gasteiger charge is -2.27. The summed E-state index contributed by atoms with van der Waals surface area (Å²) in [6.07, 6.45) is 8.85. The number of pyridine rings is 1. The number of hydrogen-bond acceptors (Lipinski definition) is 4. The van der Waals surface area contributed by atoms with Crippen LogP contribution in [-0.2, 0) is 0 Å². The molecule has 5 heteroatoms. The largest absolute Gasteiger partial charge is 0.478 e. The lowest BCUT2D eigenvalue weighted by molar-refractivity contribution is 0.0380. The van der Waals surface area contributed by atoms with Crippen molar-refractivity contribution in [1.82, 2.24) is 4.98 Å². The maximum absolute atomic E-state index is 11.1. The number of nitrogens with zero attached hydrogens (tertiary/aromatic N) is 1. The van der Waals surface area contributed by atoms with Crippen molar-refractivity contribution in [1.29, 1.82) is 0 Å². The minimum absolute atomic E-state index is 0.187. The first kappa shape index (κ1) is 13.8. The van der Waals surface area contributed by atoms with Gasteiger partial charge in [-0.05, 0) is 18.9 Å². The highest BCUT2D eigenvalue weighted by Crippen LogP contribution is 2.27. The molecule has 19 heavy (non-hydrogen) atoms. The SMILES string of the molecule is O=C(O)c1ccncc1NCC1(O)CCCCCC1. The maximum Gasteiger partial charge on any atom is 0.337 e. The molecule has 0 radical (unpaired) electrons. The molecule has 0 unspecified atom stereocenters. The number of nitrogens with one attached hydrogen (secondary N) is 1. The molecule has 104 valence electrons. The number of carbonyl (C=O) groups is 1. The van der Waals surface area contributed by atoms with E-state index in [1.807, 2.05) is 0 Å². The third kappa shape index (κ3) is 3.67. The van der Waals surface area contributed by atoms with Crippen molar-refractivity contribution in [3.63, 3.8) is 0 Å². The summed E-state index contributed by atoms with van der Waals surface area (Å²) in [4.78, 5) is 15.0. The van der Waals surface area contributed by atoms with Gasteiger partial charge in [-0.15, -0.1) is 0 Å². The average Bonchev–Trinajstić information content (AvgIpc) is 2.62. The van der Waals surface area contributed by atoms with Crippen LogP contribution in [0.4, 0.5) is 5.69 Å². The number of carboxylic acids is 1. The Labute approximate surface area is 112 Å². The van der Waals surface area contributed by atoms with Gasteiger partial charge in [0.25, 0.3) is 0 Å². The third-order valence-electron chi connectivity index (χ3n) is 3.69. The summed E-state index contributed by atoms with van der Waals surface area (Å²) in [5.74, 6) is -0.988. The minimum atomic E-state index is -0.988. The van der Waals surface area contributed by atoms with Crippen molar-refractivity contribution >= 4 is 11.7 Å². The van der Waals surface area contributed by atoms with Crippen LogP contribution in [-0.4, -0.2) is 33.3 Å². The van der Waals surface area contributed by atoms with E-state index >= 15 is 0 Å². The molecule has 0 bridgehead atoms.